The number of amides is 1. The number of carbonyl (C=O) groups excluding carboxylic acids is 1. The number of carbonyl (C=O) groups is 1. The third-order valence-corrected chi connectivity index (χ3v) is 5.09. The third kappa shape index (κ3) is 4.97. The second-order valence-corrected chi connectivity index (χ2v) is 7.35. The average Bonchev–Trinajstić information content (AvgIpc) is 2.65. The Morgan fingerprint density at radius 3 is 2.48 bits per heavy atom. The van der Waals surface area contributed by atoms with E-state index in [0.717, 1.165) is 29.9 Å². The first-order valence-electron chi connectivity index (χ1n) is 8.60. The van der Waals surface area contributed by atoms with Gasteiger partial charge in [-0.15, -0.1) is 0 Å². The lowest BCUT2D eigenvalue weighted by atomic mass is 9.99. The summed E-state index contributed by atoms with van der Waals surface area (Å²) in [5, 5.41) is 0. The number of benzene rings is 2. The summed E-state index contributed by atoms with van der Waals surface area (Å²) in [6.07, 6.45) is -1.07. The van der Waals surface area contributed by atoms with E-state index in [9.17, 15) is 18.0 Å². The van der Waals surface area contributed by atoms with Gasteiger partial charge < -0.3 is 9.64 Å². The highest BCUT2D eigenvalue weighted by Crippen LogP contribution is 2.32. The first-order valence-corrected chi connectivity index (χ1v) is 10.00. The molecule has 3 rings (SSSR count). The van der Waals surface area contributed by atoms with Crippen LogP contribution in [0.3, 0.4) is 0 Å². The highest BCUT2D eigenvalue weighted by atomic mass is 32.2. The van der Waals surface area contributed by atoms with Crippen LogP contribution < -0.4 is 4.74 Å². The van der Waals surface area contributed by atoms with Crippen LogP contribution in [0.4, 0.5) is 13.2 Å². The van der Waals surface area contributed by atoms with E-state index >= 15 is 0 Å². The summed E-state index contributed by atoms with van der Waals surface area (Å²) in [6, 6.07) is 10.2. The zero-order chi connectivity index (χ0) is 19.4. The lowest BCUT2D eigenvalue weighted by Crippen LogP contribution is -2.36. The Morgan fingerprint density at radius 1 is 1.11 bits per heavy atom. The van der Waals surface area contributed by atoms with Gasteiger partial charge in [0, 0.05) is 25.3 Å². The molecule has 0 bridgehead atoms. The quantitative estimate of drug-likeness (QED) is 0.702. The van der Waals surface area contributed by atoms with Crippen LogP contribution in [-0.2, 0) is 23.9 Å². The van der Waals surface area contributed by atoms with Gasteiger partial charge in [0.05, 0.1) is 5.56 Å². The van der Waals surface area contributed by atoms with Crippen LogP contribution in [0.5, 0.6) is 11.5 Å². The molecular formula is C20H20F3NO2S. The van der Waals surface area contributed by atoms with Gasteiger partial charge in [-0.05, 0) is 60.2 Å². The molecule has 0 fully saturated rings. The Bertz CT molecular complexity index is 806. The molecule has 144 valence electrons. The molecule has 0 aromatic heterocycles. The van der Waals surface area contributed by atoms with E-state index in [0.29, 0.717) is 31.0 Å². The van der Waals surface area contributed by atoms with Crippen LogP contribution in [0.1, 0.15) is 23.1 Å². The van der Waals surface area contributed by atoms with E-state index in [1.54, 1.807) is 11.8 Å². The zero-order valence-corrected chi connectivity index (χ0v) is 15.7. The Balaban J connectivity index is 1.70. The molecule has 1 amide bonds. The van der Waals surface area contributed by atoms with Crippen molar-refractivity contribution in [1.29, 1.82) is 0 Å². The van der Waals surface area contributed by atoms with Crippen LogP contribution in [0, 0.1) is 0 Å². The van der Waals surface area contributed by atoms with Gasteiger partial charge >= 0.3 is 6.18 Å². The summed E-state index contributed by atoms with van der Waals surface area (Å²) in [4.78, 5) is 14.1. The number of nitrogens with zero attached hydrogens (tertiary/aromatic N) is 1. The number of alkyl halides is 3. The molecule has 0 N–H and O–H groups in total. The molecular weight excluding hydrogens is 375 g/mol. The molecule has 2 aromatic rings. The summed E-state index contributed by atoms with van der Waals surface area (Å²) in [5.74, 6) is 1.84. The first kappa shape index (κ1) is 19.6. The van der Waals surface area contributed by atoms with E-state index < -0.39 is 11.7 Å². The maximum Gasteiger partial charge on any atom is 0.416 e. The van der Waals surface area contributed by atoms with E-state index in [4.69, 9.17) is 4.74 Å². The first-order chi connectivity index (χ1) is 12.9. The topological polar surface area (TPSA) is 29.5 Å². The molecule has 0 unspecified atom stereocenters. The smallest absolute Gasteiger partial charge is 0.416 e. The van der Waals surface area contributed by atoms with Crippen molar-refractivity contribution in [3.8, 4) is 11.5 Å². The number of hydrogen-bond acceptors (Lipinski definition) is 3. The van der Waals surface area contributed by atoms with Crippen LogP contribution >= 0.6 is 11.8 Å². The van der Waals surface area contributed by atoms with Gasteiger partial charge in [-0.2, -0.15) is 24.9 Å². The molecule has 27 heavy (non-hydrogen) atoms. The number of ether oxygens (including phenoxy) is 1. The van der Waals surface area contributed by atoms with Gasteiger partial charge in [0.15, 0.2) is 0 Å². The van der Waals surface area contributed by atoms with Gasteiger partial charge in [-0.25, -0.2) is 0 Å². The number of thioether (sulfide) groups is 1. The standard InChI is InChI=1S/C20H20F3NO2S/c1-27-11-9-19(25)24-10-8-14-2-5-18(12-15(14)13-24)26-17-6-3-16(4-7-17)20(21,22)23/h2-7,12H,8-11,13H2,1H3. The fraction of sp³-hybridized carbons (Fsp3) is 0.350. The highest BCUT2D eigenvalue weighted by molar-refractivity contribution is 7.98. The number of rotatable bonds is 5. The lowest BCUT2D eigenvalue weighted by molar-refractivity contribution is -0.137. The van der Waals surface area contributed by atoms with Crippen LogP contribution in [0.15, 0.2) is 42.5 Å². The summed E-state index contributed by atoms with van der Waals surface area (Å²) in [6.45, 7) is 1.24. The van der Waals surface area contributed by atoms with Crippen molar-refractivity contribution in [1.82, 2.24) is 4.90 Å². The van der Waals surface area contributed by atoms with E-state index in [1.807, 2.05) is 29.4 Å². The zero-order valence-electron chi connectivity index (χ0n) is 14.9. The number of hydrogen-bond donors (Lipinski definition) is 0. The molecule has 1 aliphatic rings. The Morgan fingerprint density at radius 2 is 1.81 bits per heavy atom. The molecule has 0 spiro atoms. The van der Waals surface area contributed by atoms with Crippen molar-refractivity contribution in [2.75, 3.05) is 18.6 Å². The number of halogens is 3. The second kappa shape index (κ2) is 8.25. The fourth-order valence-electron chi connectivity index (χ4n) is 3.01. The molecule has 7 heteroatoms. The Kier molecular flexibility index (Phi) is 5.99. The largest absolute Gasteiger partial charge is 0.457 e. The average molecular weight is 395 g/mol. The predicted molar refractivity (Wildman–Crippen MR) is 100 cm³/mol. The van der Waals surface area contributed by atoms with Crippen molar-refractivity contribution in [3.63, 3.8) is 0 Å². The van der Waals surface area contributed by atoms with Crippen LogP contribution in [0.25, 0.3) is 0 Å². The SMILES string of the molecule is CSCCC(=O)N1CCc2ccc(Oc3ccc(C(F)(F)F)cc3)cc2C1. The minimum Gasteiger partial charge on any atom is -0.457 e. The van der Waals surface area contributed by atoms with Gasteiger partial charge in [0.1, 0.15) is 11.5 Å². The van der Waals surface area contributed by atoms with E-state index in [2.05, 4.69) is 0 Å². The number of fused-ring (bicyclic) bond motifs is 1. The van der Waals surface area contributed by atoms with Crippen molar-refractivity contribution in [3.05, 3.63) is 59.2 Å². The van der Waals surface area contributed by atoms with Crippen LogP contribution in [0.2, 0.25) is 0 Å². The third-order valence-electron chi connectivity index (χ3n) is 4.48. The van der Waals surface area contributed by atoms with Gasteiger partial charge in [-0.3, -0.25) is 4.79 Å². The summed E-state index contributed by atoms with van der Waals surface area (Å²) >= 11 is 1.65. The molecule has 1 aliphatic heterocycles. The molecule has 0 saturated carbocycles. The molecule has 0 saturated heterocycles. The molecule has 2 aromatic carbocycles. The van der Waals surface area contributed by atoms with E-state index in [1.165, 1.54) is 17.7 Å². The van der Waals surface area contributed by atoms with Crippen molar-refractivity contribution in [2.45, 2.75) is 25.6 Å². The normalized spacial score (nSPS) is 14.0. The molecule has 3 nitrogen and oxygen atoms in total. The maximum atomic E-state index is 12.6. The fourth-order valence-corrected chi connectivity index (χ4v) is 3.38. The maximum absolute atomic E-state index is 12.6. The van der Waals surface area contributed by atoms with Crippen LogP contribution in [-0.4, -0.2) is 29.4 Å². The summed E-state index contributed by atoms with van der Waals surface area (Å²) in [7, 11) is 0. The van der Waals surface area contributed by atoms with Crippen molar-refractivity contribution >= 4 is 17.7 Å². The lowest BCUT2D eigenvalue weighted by Gasteiger charge is -2.29. The predicted octanol–water partition coefficient (Wildman–Crippen LogP) is 5.14. The molecule has 0 radical (unpaired) electrons. The molecule has 0 aliphatic carbocycles. The Hall–Kier alpha value is -2.15. The monoisotopic (exact) mass is 395 g/mol. The van der Waals surface area contributed by atoms with Gasteiger partial charge in [0.2, 0.25) is 5.91 Å². The second-order valence-electron chi connectivity index (χ2n) is 6.36. The van der Waals surface area contributed by atoms with Crippen molar-refractivity contribution < 1.29 is 22.7 Å². The van der Waals surface area contributed by atoms with E-state index in [-0.39, 0.29) is 5.91 Å². The van der Waals surface area contributed by atoms with Gasteiger partial charge in [0.25, 0.3) is 0 Å². The highest BCUT2D eigenvalue weighted by Gasteiger charge is 2.30. The van der Waals surface area contributed by atoms with Gasteiger partial charge in [-0.1, -0.05) is 6.07 Å². The molecule has 0 atom stereocenters. The minimum absolute atomic E-state index is 0.143. The summed E-state index contributed by atoms with van der Waals surface area (Å²) in [5.41, 5.74) is 1.48. The van der Waals surface area contributed by atoms with Crippen molar-refractivity contribution in [2.24, 2.45) is 0 Å². The minimum atomic E-state index is -4.36. The molecule has 1 heterocycles. The Labute approximate surface area is 160 Å². The summed E-state index contributed by atoms with van der Waals surface area (Å²) < 4.78 is 43.6.